The van der Waals surface area contributed by atoms with Crippen molar-refractivity contribution in [2.45, 2.75) is 121 Å². The first-order valence-electron chi connectivity index (χ1n) is 26.2. The standard InChI is InChI=1S/C54H60F10N10O9/c1-51(2,53(59,60)61)44(68-50(80)83-36-27-82-28-36)46(76)66-41(17-30-8-5-29(6-9-30)7-10-31-11-14-43(65-20-31)71-21-33-12-13-34(22-71)74(33)35-25-81-26-35)42(75)24-72(70-47(77)45(67-49(78)79)52(3,4)54(62,63)64)23-37-38(55)18-32(19-39(37)56)40-15-16-73(69-40)48(57)58/h5-6,8-9,11,14-16,18-20,33-36,41-42,44-45,48,67,75H,12-13,17,21-28H2,1-4H3,(H,66,76)(H,68,80)(H,70,77)(H,78,79)/t33?,34?,41-,42-,44+,45+/m0/s1. The Bertz CT molecular complexity index is 3000. The quantitative estimate of drug-likeness (QED) is 0.0325. The number of carbonyl (C=O) groups excluding carboxylic acids is 3. The molecular weight excluding hydrogens is 1120 g/mol. The Labute approximate surface area is 468 Å². The maximum Gasteiger partial charge on any atom is 0.408 e. The molecule has 2 bridgehead atoms. The highest BCUT2D eigenvalue weighted by molar-refractivity contribution is 5.87. The zero-order valence-electron chi connectivity index (χ0n) is 45.0. The molecule has 4 aliphatic rings. The highest BCUT2D eigenvalue weighted by atomic mass is 19.4. The summed E-state index contributed by atoms with van der Waals surface area (Å²) in [4.78, 5) is 62.5. The second-order valence-corrected chi connectivity index (χ2v) is 21.9. The summed E-state index contributed by atoms with van der Waals surface area (Å²) in [5.41, 5.74) is -4.71. The Morgan fingerprint density at radius 1 is 0.783 bits per heavy atom. The molecule has 4 aromatic rings. The van der Waals surface area contributed by atoms with Gasteiger partial charge >= 0.3 is 31.1 Å². The number of alkyl halides is 8. The van der Waals surface area contributed by atoms with Crippen molar-refractivity contribution in [3.63, 3.8) is 0 Å². The minimum absolute atomic E-state index is 0.0928. The molecule has 19 nitrogen and oxygen atoms in total. The number of halogens is 10. The van der Waals surface area contributed by atoms with Crippen LogP contribution < -0.4 is 26.3 Å². The number of piperazine rings is 1. The maximum absolute atomic E-state index is 16.1. The molecule has 4 amide bonds. The SMILES string of the molecule is CC(C)([C@H](NC(=O)O)C(=O)NN(Cc1c(F)cc(-c2ccn(C(F)F)n2)cc1F)C[C@H](O)[C@H](Cc1ccc(C#Cc2ccc(N3CC4CCC(C3)N4C3COC3)nc2)cc1)NC(=O)[C@@H](NC(=O)OC1COC1)C(C)(C)C(F)(F)F)C(F)(F)F. The number of aromatic nitrogens is 3. The Balaban J connectivity index is 1.08. The number of alkyl carbamates (subject to hydrolysis) is 1. The van der Waals surface area contributed by atoms with Crippen LogP contribution in [0.15, 0.2) is 67.0 Å². The van der Waals surface area contributed by atoms with Gasteiger partial charge in [0, 0.05) is 72.9 Å². The molecule has 6 heterocycles. The van der Waals surface area contributed by atoms with E-state index in [4.69, 9.17) is 14.2 Å². The average molecular weight is 1180 g/mol. The molecule has 4 aliphatic heterocycles. The van der Waals surface area contributed by atoms with Crippen LogP contribution >= 0.6 is 0 Å². The van der Waals surface area contributed by atoms with Crippen molar-refractivity contribution in [3.05, 3.63) is 101 Å². The summed E-state index contributed by atoms with van der Waals surface area (Å²) in [6.07, 6.45) is -13.0. The van der Waals surface area contributed by atoms with Crippen molar-refractivity contribution in [3.8, 4) is 23.1 Å². The lowest BCUT2D eigenvalue weighted by molar-refractivity contribution is -0.221. The number of rotatable bonds is 20. The molecule has 29 heteroatoms. The van der Waals surface area contributed by atoms with Crippen molar-refractivity contribution in [1.82, 2.24) is 46.0 Å². The lowest BCUT2D eigenvalue weighted by atomic mass is 9.82. The van der Waals surface area contributed by atoms with Crippen molar-refractivity contribution < 1.29 is 87.5 Å². The molecule has 8 rings (SSSR count). The highest BCUT2D eigenvalue weighted by Crippen LogP contribution is 2.42. The molecule has 6 atom stereocenters. The molecule has 83 heavy (non-hydrogen) atoms. The number of amides is 4. The second-order valence-electron chi connectivity index (χ2n) is 21.9. The third-order valence-electron chi connectivity index (χ3n) is 15.3. The van der Waals surface area contributed by atoms with Gasteiger partial charge in [-0.05, 0) is 95.0 Å². The van der Waals surface area contributed by atoms with E-state index in [0.29, 0.717) is 74.1 Å². The number of benzene rings is 2. The third-order valence-corrected chi connectivity index (χ3v) is 15.3. The number of carbonyl (C=O) groups is 4. The van der Waals surface area contributed by atoms with E-state index in [0.717, 1.165) is 57.2 Å². The number of hydrogen-bond donors (Lipinski definition) is 6. The number of fused-ring (bicyclic) bond motifs is 2. The number of hydrogen-bond acceptors (Lipinski definition) is 13. The molecule has 4 fully saturated rings. The van der Waals surface area contributed by atoms with Crippen LogP contribution in [0.25, 0.3) is 11.3 Å². The molecule has 6 N–H and O–H groups in total. The van der Waals surface area contributed by atoms with E-state index >= 15 is 8.78 Å². The summed E-state index contributed by atoms with van der Waals surface area (Å²) in [6, 6.07) is 6.29. The number of carboxylic acid groups (broad SMARTS) is 1. The number of anilines is 1. The Morgan fingerprint density at radius 3 is 1.87 bits per heavy atom. The molecule has 0 saturated carbocycles. The van der Waals surface area contributed by atoms with Gasteiger partial charge in [-0.15, -0.1) is 0 Å². The largest absolute Gasteiger partial charge is 0.465 e. The third kappa shape index (κ3) is 14.4. The van der Waals surface area contributed by atoms with Gasteiger partial charge in [-0.3, -0.25) is 19.9 Å². The van der Waals surface area contributed by atoms with Crippen molar-refractivity contribution in [2.75, 3.05) is 51.0 Å². The predicted molar refractivity (Wildman–Crippen MR) is 274 cm³/mol. The summed E-state index contributed by atoms with van der Waals surface area (Å²) in [6.45, 7) is -0.393. The fourth-order valence-electron chi connectivity index (χ4n) is 10.0. The Kier molecular flexibility index (Phi) is 18.5. The van der Waals surface area contributed by atoms with Gasteiger partial charge in [-0.1, -0.05) is 24.0 Å². The van der Waals surface area contributed by atoms with E-state index < -0.39 is 121 Å². The topological polar surface area (TPSA) is 225 Å². The first-order chi connectivity index (χ1) is 39.0. The fraction of sp³-hybridized carbons (Fsp3) is 0.519. The normalized spacial score (nSPS) is 19.4. The lowest BCUT2D eigenvalue weighted by Gasteiger charge is -2.47. The molecule has 2 aromatic carbocycles. The van der Waals surface area contributed by atoms with Gasteiger partial charge < -0.3 is 45.3 Å². The first-order valence-corrected chi connectivity index (χ1v) is 26.2. The second kappa shape index (κ2) is 24.9. The van der Waals surface area contributed by atoms with Crippen LogP contribution in [0.1, 0.15) is 69.3 Å². The van der Waals surface area contributed by atoms with Crippen LogP contribution in [0.4, 0.5) is 59.3 Å². The maximum atomic E-state index is 16.1. The monoisotopic (exact) mass is 1180 g/mol. The smallest absolute Gasteiger partial charge is 0.408 e. The number of nitrogens with zero attached hydrogens (tertiary/aromatic N) is 6. The number of ether oxygens (including phenoxy) is 3. The van der Waals surface area contributed by atoms with E-state index in [2.05, 4.69) is 37.0 Å². The number of aliphatic hydroxyl groups is 1. The number of hydrazine groups is 1. The van der Waals surface area contributed by atoms with Crippen LogP contribution in [0.5, 0.6) is 0 Å². The zero-order chi connectivity index (χ0) is 60.3. The predicted octanol–water partition coefficient (Wildman–Crippen LogP) is 6.30. The van der Waals surface area contributed by atoms with Crippen molar-refractivity contribution in [2.24, 2.45) is 10.8 Å². The fourth-order valence-corrected chi connectivity index (χ4v) is 10.0. The zero-order valence-corrected chi connectivity index (χ0v) is 45.0. The highest BCUT2D eigenvalue weighted by Gasteiger charge is 2.57. The minimum atomic E-state index is -5.29. The van der Waals surface area contributed by atoms with E-state index in [9.17, 15) is 64.5 Å². The summed E-state index contributed by atoms with van der Waals surface area (Å²) in [5, 5.41) is 31.4. The van der Waals surface area contributed by atoms with E-state index in [1.165, 1.54) is 29.6 Å². The molecule has 0 radical (unpaired) electrons. The number of pyridine rings is 1. The van der Waals surface area contributed by atoms with Crippen LogP contribution in [0, 0.1) is 34.3 Å². The Hall–Kier alpha value is -7.26. The molecule has 450 valence electrons. The summed E-state index contributed by atoms with van der Waals surface area (Å²) in [7, 11) is 0. The summed E-state index contributed by atoms with van der Waals surface area (Å²) in [5.74, 6) is 0.612. The van der Waals surface area contributed by atoms with Crippen LogP contribution in [-0.2, 0) is 36.8 Å². The van der Waals surface area contributed by atoms with Gasteiger partial charge in [0.1, 0.15) is 29.5 Å². The summed E-state index contributed by atoms with van der Waals surface area (Å²) < 4.78 is 162. The van der Waals surface area contributed by atoms with Crippen LogP contribution in [0.3, 0.4) is 0 Å². The van der Waals surface area contributed by atoms with Crippen LogP contribution in [0.2, 0.25) is 0 Å². The Morgan fingerprint density at radius 2 is 1.36 bits per heavy atom. The van der Waals surface area contributed by atoms with Gasteiger partial charge in [0.05, 0.1) is 61.1 Å². The number of aliphatic hydroxyl groups excluding tert-OH is 1. The van der Waals surface area contributed by atoms with Gasteiger partial charge in [0.15, 0.2) is 6.10 Å². The van der Waals surface area contributed by atoms with Crippen molar-refractivity contribution >= 4 is 29.8 Å². The van der Waals surface area contributed by atoms with Gasteiger partial charge in [-0.25, -0.2) is 33.0 Å². The van der Waals surface area contributed by atoms with Gasteiger partial charge in [0.2, 0.25) is 5.91 Å². The summed E-state index contributed by atoms with van der Waals surface area (Å²) >= 11 is 0. The molecule has 0 aliphatic carbocycles. The molecule has 4 saturated heterocycles. The number of nitrogens with one attached hydrogen (secondary N) is 4. The van der Waals surface area contributed by atoms with Crippen LogP contribution in [-0.4, -0.2) is 166 Å². The average Bonchev–Trinajstić information content (AvgIpc) is 2.88. The van der Waals surface area contributed by atoms with E-state index in [-0.39, 0.29) is 34.7 Å². The molecular formula is C54H60F10N10O9. The first kappa shape index (κ1) is 61.8. The van der Waals surface area contributed by atoms with Crippen molar-refractivity contribution in [1.29, 1.82) is 0 Å². The van der Waals surface area contributed by atoms with Gasteiger partial charge in [-0.2, -0.15) is 40.2 Å². The lowest BCUT2D eigenvalue weighted by Crippen LogP contribution is -2.64. The molecule has 2 aromatic heterocycles. The van der Waals surface area contributed by atoms with Gasteiger partial charge in [0.25, 0.3) is 5.91 Å². The minimum Gasteiger partial charge on any atom is -0.465 e. The van der Waals surface area contributed by atoms with E-state index in [1.807, 2.05) is 22.9 Å². The van der Waals surface area contributed by atoms with E-state index in [1.54, 1.807) is 6.20 Å². The molecule has 2 unspecified atom stereocenters. The molecule has 0 spiro atoms.